The van der Waals surface area contributed by atoms with Gasteiger partial charge < -0.3 is 19.9 Å². The summed E-state index contributed by atoms with van der Waals surface area (Å²) in [4.78, 5) is 27.8. The van der Waals surface area contributed by atoms with E-state index in [1.54, 1.807) is 30.9 Å². The molecule has 0 unspecified atom stereocenters. The molecular weight excluding hydrogens is 270 g/mol. The van der Waals surface area contributed by atoms with Crippen molar-refractivity contribution in [3.8, 4) is 5.75 Å². The number of rotatable bonds is 4. The van der Waals surface area contributed by atoms with Crippen LogP contribution in [0.1, 0.15) is 6.92 Å². The van der Waals surface area contributed by atoms with Crippen LogP contribution in [0.4, 0.5) is 5.69 Å². The summed E-state index contributed by atoms with van der Waals surface area (Å²) in [6, 6.07) is 6.92. The molecule has 0 spiro atoms. The second kappa shape index (κ2) is 6.58. The van der Waals surface area contributed by atoms with Gasteiger partial charge in [0.15, 0.2) is 0 Å². The average Bonchev–Trinajstić information content (AvgIpc) is 2.50. The van der Waals surface area contributed by atoms with Gasteiger partial charge in [0.1, 0.15) is 11.8 Å². The second-order valence-electron chi connectivity index (χ2n) is 4.98. The number of hydrogen-bond acceptors (Lipinski definition) is 4. The molecule has 6 nitrogen and oxygen atoms in total. The quantitative estimate of drug-likeness (QED) is 0.876. The molecular formula is C15H21N3O3. The Morgan fingerprint density at radius 1 is 1.33 bits per heavy atom. The number of ether oxygens (including phenoxy) is 1. The van der Waals surface area contributed by atoms with E-state index in [0.717, 1.165) is 11.4 Å². The van der Waals surface area contributed by atoms with E-state index in [0.29, 0.717) is 13.1 Å². The highest BCUT2D eigenvalue weighted by atomic mass is 16.5. The topological polar surface area (TPSA) is 61.9 Å². The highest BCUT2D eigenvalue weighted by Crippen LogP contribution is 2.23. The predicted molar refractivity (Wildman–Crippen MR) is 80.4 cm³/mol. The van der Waals surface area contributed by atoms with Crippen molar-refractivity contribution in [3.63, 3.8) is 0 Å². The van der Waals surface area contributed by atoms with Gasteiger partial charge in [-0.25, -0.2) is 0 Å². The monoisotopic (exact) mass is 291 g/mol. The van der Waals surface area contributed by atoms with Crippen LogP contribution in [0.15, 0.2) is 24.3 Å². The molecule has 1 N–H and O–H groups in total. The molecule has 1 fully saturated rings. The molecule has 114 valence electrons. The molecule has 0 aromatic heterocycles. The Bertz CT molecular complexity index is 515. The van der Waals surface area contributed by atoms with Gasteiger partial charge in [-0.3, -0.25) is 9.59 Å². The molecule has 1 aromatic carbocycles. The van der Waals surface area contributed by atoms with Crippen LogP contribution in [0.5, 0.6) is 5.75 Å². The number of carbonyl (C=O) groups excluding carboxylic acids is 2. The number of anilines is 1. The lowest BCUT2D eigenvalue weighted by atomic mass is 10.1. The molecule has 0 aliphatic carbocycles. The molecule has 1 saturated heterocycles. The summed E-state index contributed by atoms with van der Waals surface area (Å²) in [6.07, 6.45) is 0. The van der Waals surface area contributed by atoms with Crippen molar-refractivity contribution in [3.05, 3.63) is 24.3 Å². The molecule has 1 aromatic rings. The van der Waals surface area contributed by atoms with E-state index in [1.165, 1.54) is 0 Å². The SMILES string of the molecule is CNCC(=O)N1CCN(c2ccc(OC)cc2)C(=O)[C@@H]1C. The van der Waals surface area contributed by atoms with Crippen molar-refractivity contribution in [1.82, 2.24) is 10.2 Å². The Morgan fingerprint density at radius 3 is 2.57 bits per heavy atom. The number of benzene rings is 1. The summed E-state index contributed by atoms with van der Waals surface area (Å²) in [5.74, 6) is 0.644. The average molecular weight is 291 g/mol. The van der Waals surface area contributed by atoms with Crippen LogP contribution < -0.4 is 15.0 Å². The molecule has 1 aliphatic heterocycles. The fourth-order valence-corrected chi connectivity index (χ4v) is 2.48. The van der Waals surface area contributed by atoms with E-state index < -0.39 is 6.04 Å². The van der Waals surface area contributed by atoms with Gasteiger partial charge >= 0.3 is 0 Å². The number of piperazine rings is 1. The first-order valence-electron chi connectivity index (χ1n) is 6.98. The minimum Gasteiger partial charge on any atom is -0.497 e. The minimum atomic E-state index is -0.443. The Balaban J connectivity index is 2.11. The summed E-state index contributed by atoms with van der Waals surface area (Å²) in [6.45, 7) is 3.07. The molecule has 21 heavy (non-hydrogen) atoms. The van der Waals surface area contributed by atoms with Gasteiger partial charge in [0.05, 0.1) is 13.7 Å². The van der Waals surface area contributed by atoms with Crippen molar-refractivity contribution < 1.29 is 14.3 Å². The highest BCUT2D eigenvalue weighted by molar-refractivity contribution is 6.00. The van der Waals surface area contributed by atoms with Crippen molar-refractivity contribution in [2.45, 2.75) is 13.0 Å². The first-order valence-corrected chi connectivity index (χ1v) is 6.98. The van der Waals surface area contributed by atoms with Crippen LogP contribution in [-0.4, -0.2) is 56.5 Å². The minimum absolute atomic E-state index is 0.0484. The first kappa shape index (κ1) is 15.3. The number of likely N-dealkylation sites (N-methyl/N-ethyl adjacent to an activating group) is 1. The molecule has 0 saturated carbocycles. The first-order chi connectivity index (χ1) is 10.1. The molecule has 0 radical (unpaired) electrons. The molecule has 2 rings (SSSR count). The molecule has 1 heterocycles. The summed E-state index contributed by atoms with van der Waals surface area (Å²) in [5, 5.41) is 2.83. The van der Waals surface area contributed by atoms with E-state index in [4.69, 9.17) is 4.74 Å². The van der Waals surface area contributed by atoms with Gasteiger partial charge in [-0.1, -0.05) is 0 Å². The number of amides is 2. The van der Waals surface area contributed by atoms with E-state index in [-0.39, 0.29) is 18.4 Å². The van der Waals surface area contributed by atoms with Gasteiger partial charge in [0, 0.05) is 18.8 Å². The highest BCUT2D eigenvalue weighted by Gasteiger charge is 2.34. The van der Waals surface area contributed by atoms with E-state index in [2.05, 4.69) is 5.32 Å². The van der Waals surface area contributed by atoms with Gasteiger partial charge in [-0.15, -0.1) is 0 Å². The van der Waals surface area contributed by atoms with Crippen LogP contribution in [-0.2, 0) is 9.59 Å². The fourth-order valence-electron chi connectivity index (χ4n) is 2.48. The summed E-state index contributed by atoms with van der Waals surface area (Å²) < 4.78 is 5.12. The maximum absolute atomic E-state index is 12.5. The summed E-state index contributed by atoms with van der Waals surface area (Å²) in [7, 11) is 3.33. The van der Waals surface area contributed by atoms with Gasteiger partial charge in [-0.05, 0) is 38.2 Å². The van der Waals surface area contributed by atoms with Crippen molar-refractivity contribution in [2.24, 2.45) is 0 Å². The predicted octanol–water partition coefficient (Wildman–Crippen LogP) is 0.478. The van der Waals surface area contributed by atoms with Gasteiger partial charge in [0.25, 0.3) is 0 Å². The maximum Gasteiger partial charge on any atom is 0.249 e. The third-order valence-corrected chi connectivity index (χ3v) is 3.69. The normalized spacial score (nSPS) is 18.8. The Labute approximate surface area is 124 Å². The zero-order chi connectivity index (χ0) is 15.4. The summed E-state index contributed by atoms with van der Waals surface area (Å²) >= 11 is 0. The van der Waals surface area contributed by atoms with Crippen LogP contribution in [0.3, 0.4) is 0 Å². The van der Waals surface area contributed by atoms with E-state index >= 15 is 0 Å². The van der Waals surface area contributed by atoms with E-state index in [9.17, 15) is 9.59 Å². The zero-order valence-electron chi connectivity index (χ0n) is 12.6. The number of methoxy groups -OCH3 is 1. The van der Waals surface area contributed by atoms with Crippen molar-refractivity contribution in [2.75, 3.05) is 38.7 Å². The summed E-state index contributed by atoms with van der Waals surface area (Å²) in [5.41, 5.74) is 0.827. The Kier molecular flexibility index (Phi) is 4.80. The second-order valence-corrected chi connectivity index (χ2v) is 4.98. The molecule has 1 atom stereocenters. The largest absolute Gasteiger partial charge is 0.497 e. The Hall–Kier alpha value is -2.08. The van der Waals surface area contributed by atoms with Crippen molar-refractivity contribution in [1.29, 1.82) is 0 Å². The van der Waals surface area contributed by atoms with Crippen LogP contribution in [0.2, 0.25) is 0 Å². The third-order valence-electron chi connectivity index (χ3n) is 3.69. The van der Waals surface area contributed by atoms with Gasteiger partial charge in [-0.2, -0.15) is 0 Å². The lowest BCUT2D eigenvalue weighted by molar-refractivity contribution is -0.140. The van der Waals surface area contributed by atoms with E-state index in [1.807, 2.05) is 24.3 Å². The van der Waals surface area contributed by atoms with Gasteiger partial charge in [0.2, 0.25) is 11.8 Å². The van der Waals surface area contributed by atoms with Crippen LogP contribution in [0, 0.1) is 0 Å². The molecule has 6 heteroatoms. The Morgan fingerprint density at radius 2 is 2.00 bits per heavy atom. The lowest BCUT2D eigenvalue weighted by Gasteiger charge is -2.39. The van der Waals surface area contributed by atoms with Crippen LogP contribution >= 0.6 is 0 Å². The molecule has 2 amide bonds. The lowest BCUT2D eigenvalue weighted by Crippen LogP contribution is -2.59. The van der Waals surface area contributed by atoms with Crippen molar-refractivity contribution >= 4 is 17.5 Å². The number of hydrogen-bond donors (Lipinski definition) is 1. The standard InChI is InChI=1S/C15H21N3O3/c1-11-15(20)18(9-8-17(11)14(19)10-16-2)12-4-6-13(21-3)7-5-12/h4-7,11,16H,8-10H2,1-3H3/t11-/m0/s1. The number of carbonyl (C=O) groups is 2. The molecule has 0 bridgehead atoms. The number of nitrogens with zero attached hydrogens (tertiary/aromatic N) is 2. The number of nitrogens with one attached hydrogen (secondary N) is 1. The van der Waals surface area contributed by atoms with Crippen LogP contribution in [0.25, 0.3) is 0 Å². The smallest absolute Gasteiger partial charge is 0.249 e. The zero-order valence-corrected chi connectivity index (χ0v) is 12.6. The fraction of sp³-hybridized carbons (Fsp3) is 0.467. The third kappa shape index (κ3) is 3.16. The maximum atomic E-state index is 12.5. The molecule has 1 aliphatic rings.